The maximum Gasteiger partial charge on any atom is 0.322 e. The van der Waals surface area contributed by atoms with Gasteiger partial charge in [-0.2, -0.15) is 4.31 Å². The fraction of sp³-hybridized carbons (Fsp3) is 0.636. The molecule has 2 rings (SSSR count). The van der Waals surface area contributed by atoms with Gasteiger partial charge < -0.3 is 14.8 Å². The van der Waals surface area contributed by atoms with Gasteiger partial charge in [0, 0.05) is 20.1 Å². The first-order valence-corrected chi connectivity index (χ1v) is 7.79. The Morgan fingerprint density at radius 1 is 1.65 bits per heavy atom. The molecule has 112 valence electrons. The summed E-state index contributed by atoms with van der Waals surface area (Å²) in [4.78, 5) is 18.2. The van der Waals surface area contributed by atoms with E-state index in [1.807, 2.05) is 0 Å². The molecule has 0 saturated heterocycles. The molecule has 0 fully saturated rings. The van der Waals surface area contributed by atoms with Gasteiger partial charge in [-0.3, -0.25) is 4.79 Å². The van der Waals surface area contributed by atoms with Gasteiger partial charge in [0.25, 0.3) is 0 Å². The molecule has 0 amide bonds. The van der Waals surface area contributed by atoms with E-state index in [1.165, 1.54) is 13.4 Å². The van der Waals surface area contributed by atoms with Crippen LogP contribution in [0.5, 0.6) is 0 Å². The lowest BCUT2D eigenvalue weighted by Gasteiger charge is -2.31. The van der Waals surface area contributed by atoms with E-state index in [4.69, 9.17) is 4.74 Å². The number of aliphatic carboxylic acids is 1. The van der Waals surface area contributed by atoms with E-state index in [1.54, 1.807) is 0 Å². The average molecular weight is 303 g/mol. The van der Waals surface area contributed by atoms with Crippen molar-refractivity contribution in [2.75, 3.05) is 19.5 Å². The second-order valence-electron chi connectivity index (χ2n) is 4.59. The Kier molecular flexibility index (Phi) is 4.41. The molecule has 2 N–H and O–H groups in total. The molecule has 1 aromatic heterocycles. The third-order valence-electron chi connectivity index (χ3n) is 3.25. The standard InChI is InChI=1S/C11H17N3O5S/c1-19-3-2-4-20(17,18)14-6-9-8(12-7-13-9)5-10(14)11(15)16/h7,10H,2-6H2,1H3,(H,12,13)(H,15,16). The van der Waals surface area contributed by atoms with Crippen LogP contribution in [0.2, 0.25) is 0 Å². The zero-order valence-corrected chi connectivity index (χ0v) is 11.9. The number of sulfonamides is 1. The highest BCUT2D eigenvalue weighted by molar-refractivity contribution is 7.89. The lowest BCUT2D eigenvalue weighted by atomic mass is 10.1. The van der Waals surface area contributed by atoms with E-state index in [0.29, 0.717) is 24.4 Å². The van der Waals surface area contributed by atoms with Crippen LogP contribution < -0.4 is 0 Å². The van der Waals surface area contributed by atoms with E-state index in [2.05, 4.69) is 9.97 Å². The molecule has 1 unspecified atom stereocenters. The number of carboxylic acid groups (broad SMARTS) is 1. The summed E-state index contributed by atoms with van der Waals surface area (Å²) in [5, 5.41) is 9.24. The van der Waals surface area contributed by atoms with Gasteiger partial charge in [0.05, 0.1) is 30.0 Å². The van der Waals surface area contributed by atoms with Crippen molar-refractivity contribution in [1.29, 1.82) is 0 Å². The van der Waals surface area contributed by atoms with Crippen LogP contribution in [0.4, 0.5) is 0 Å². The number of aromatic amines is 1. The molecule has 0 aliphatic carbocycles. The average Bonchev–Trinajstić information content (AvgIpc) is 2.84. The Hall–Kier alpha value is -1.45. The van der Waals surface area contributed by atoms with Crippen molar-refractivity contribution >= 4 is 16.0 Å². The summed E-state index contributed by atoms with van der Waals surface area (Å²) in [5.74, 6) is -1.29. The molecule has 1 aromatic rings. The van der Waals surface area contributed by atoms with Gasteiger partial charge in [0.15, 0.2) is 0 Å². The van der Waals surface area contributed by atoms with Gasteiger partial charge >= 0.3 is 5.97 Å². The fourth-order valence-electron chi connectivity index (χ4n) is 2.22. The normalized spacial score (nSPS) is 19.8. The van der Waals surface area contributed by atoms with Crippen molar-refractivity contribution in [3.63, 3.8) is 0 Å². The van der Waals surface area contributed by atoms with Gasteiger partial charge in [0.1, 0.15) is 6.04 Å². The first-order chi connectivity index (χ1) is 9.45. The SMILES string of the molecule is COCCCS(=O)(=O)N1Cc2[nH]cnc2CC1C(=O)O. The number of aromatic nitrogens is 2. The molecule has 0 radical (unpaired) electrons. The van der Waals surface area contributed by atoms with E-state index in [0.717, 1.165) is 4.31 Å². The van der Waals surface area contributed by atoms with E-state index in [9.17, 15) is 18.3 Å². The first-order valence-electron chi connectivity index (χ1n) is 6.18. The largest absolute Gasteiger partial charge is 0.480 e. The van der Waals surface area contributed by atoms with Gasteiger partial charge in [-0.05, 0) is 6.42 Å². The van der Waals surface area contributed by atoms with Crippen molar-refractivity contribution in [1.82, 2.24) is 14.3 Å². The number of nitrogens with zero attached hydrogens (tertiary/aromatic N) is 2. The van der Waals surface area contributed by atoms with Crippen molar-refractivity contribution < 1.29 is 23.1 Å². The molecule has 1 aliphatic heterocycles. The molecular formula is C11H17N3O5S. The summed E-state index contributed by atoms with van der Waals surface area (Å²) in [6.45, 7) is 0.335. The van der Waals surface area contributed by atoms with Crippen LogP contribution in [0.3, 0.4) is 0 Å². The topological polar surface area (TPSA) is 113 Å². The van der Waals surface area contributed by atoms with Crippen molar-refractivity contribution in [3.05, 3.63) is 17.7 Å². The van der Waals surface area contributed by atoms with Gasteiger partial charge in [-0.25, -0.2) is 13.4 Å². The summed E-state index contributed by atoms with van der Waals surface area (Å²) in [5.41, 5.74) is 1.26. The van der Waals surface area contributed by atoms with Gasteiger partial charge in [0.2, 0.25) is 10.0 Å². The summed E-state index contributed by atoms with van der Waals surface area (Å²) in [7, 11) is -2.16. The fourth-order valence-corrected chi connectivity index (χ4v) is 3.81. The number of ether oxygens (including phenoxy) is 1. The van der Waals surface area contributed by atoms with E-state index >= 15 is 0 Å². The Morgan fingerprint density at radius 2 is 2.40 bits per heavy atom. The predicted octanol–water partition coefficient (Wildman–Crippen LogP) is -0.413. The maximum absolute atomic E-state index is 12.3. The van der Waals surface area contributed by atoms with Crippen LogP contribution in [-0.4, -0.2) is 59.3 Å². The lowest BCUT2D eigenvalue weighted by Crippen LogP contribution is -2.49. The number of methoxy groups -OCH3 is 1. The Balaban J connectivity index is 2.22. The van der Waals surface area contributed by atoms with Crippen molar-refractivity contribution in [3.8, 4) is 0 Å². The number of nitrogens with one attached hydrogen (secondary N) is 1. The van der Waals surface area contributed by atoms with Gasteiger partial charge in [-0.15, -0.1) is 0 Å². The Bertz CT molecular complexity index is 583. The number of rotatable bonds is 6. The quantitative estimate of drug-likeness (QED) is 0.691. The lowest BCUT2D eigenvalue weighted by molar-refractivity contribution is -0.141. The highest BCUT2D eigenvalue weighted by Gasteiger charge is 2.39. The van der Waals surface area contributed by atoms with Crippen LogP contribution in [-0.2, 0) is 32.5 Å². The number of H-pyrrole nitrogens is 1. The highest BCUT2D eigenvalue weighted by atomic mass is 32.2. The number of hydrogen-bond acceptors (Lipinski definition) is 5. The molecule has 2 heterocycles. The minimum atomic E-state index is -3.65. The van der Waals surface area contributed by atoms with Crippen LogP contribution in [0, 0.1) is 0 Å². The van der Waals surface area contributed by atoms with Crippen molar-refractivity contribution in [2.45, 2.75) is 25.4 Å². The molecule has 0 spiro atoms. The van der Waals surface area contributed by atoms with E-state index in [-0.39, 0.29) is 18.7 Å². The monoisotopic (exact) mass is 303 g/mol. The third kappa shape index (κ3) is 3.00. The number of carbonyl (C=O) groups is 1. The highest BCUT2D eigenvalue weighted by Crippen LogP contribution is 2.24. The summed E-state index contributed by atoms with van der Waals surface area (Å²) in [6.07, 6.45) is 1.86. The van der Waals surface area contributed by atoms with Crippen LogP contribution in [0.15, 0.2) is 6.33 Å². The third-order valence-corrected chi connectivity index (χ3v) is 5.15. The number of imidazole rings is 1. The second kappa shape index (κ2) is 5.90. The molecule has 8 nitrogen and oxygen atoms in total. The zero-order valence-electron chi connectivity index (χ0n) is 11.1. The predicted molar refractivity (Wildman–Crippen MR) is 69.5 cm³/mol. The molecule has 1 atom stereocenters. The smallest absolute Gasteiger partial charge is 0.322 e. The Labute approximate surface area is 116 Å². The van der Waals surface area contributed by atoms with Crippen molar-refractivity contribution in [2.24, 2.45) is 0 Å². The number of carboxylic acids is 1. The maximum atomic E-state index is 12.3. The second-order valence-corrected chi connectivity index (χ2v) is 6.63. The Morgan fingerprint density at radius 3 is 3.05 bits per heavy atom. The minimum Gasteiger partial charge on any atom is -0.480 e. The minimum absolute atomic E-state index is 0.0155. The van der Waals surface area contributed by atoms with Crippen LogP contribution in [0.1, 0.15) is 17.8 Å². The first kappa shape index (κ1) is 14.9. The van der Waals surface area contributed by atoms with Crippen LogP contribution >= 0.6 is 0 Å². The zero-order chi connectivity index (χ0) is 14.8. The molecule has 1 aliphatic rings. The van der Waals surface area contributed by atoms with Crippen LogP contribution in [0.25, 0.3) is 0 Å². The number of fused-ring (bicyclic) bond motifs is 1. The molecule has 0 aromatic carbocycles. The molecule has 20 heavy (non-hydrogen) atoms. The van der Waals surface area contributed by atoms with Gasteiger partial charge in [-0.1, -0.05) is 0 Å². The summed E-state index contributed by atoms with van der Waals surface area (Å²) >= 11 is 0. The number of hydrogen-bond donors (Lipinski definition) is 2. The molecule has 0 bridgehead atoms. The molecule has 9 heteroatoms. The summed E-state index contributed by atoms with van der Waals surface area (Å²) in [6, 6.07) is -1.10. The molecule has 0 saturated carbocycles. The summed E-state index contributed by atoms with van der Waals surface area (Å²) < 4.78 is 30.4. The molecular weight excluding hydrogens is 286 g/mol. The van der Waals surface area contributed by atoms with E-state index < -0.39 is 22.0 Å².